The van der Waals surface area contributed by atoms with E-state index >= 15 is 0 Å². The van der Waals surface area contributed by atoms with Gasteiger partial charge in [0.2, 0.25) is 0 Å². The van der Waals surface area contributed by atoms with Crippen LogP contribution in [0.15, 0.2) is 41.2 Å². The molecule has 0 spiro atoms. The molecule has 70 valence electrons. The first-order valence-corrected chi connectivity index (χ1v) is 4.36. The summed E-state index contributed by atoms with van der Waals surface area (Å²) < 4.78 is 4.94. The molecule has 0 atom stereocenters. The molecule has 0 fully saturated rings. The minimum atomic E-state index is 0.564. The van der Waals surface area contributed by atoms with Crippen LogP contribution < -0.4 is 0 Å². The highest BCUT2D eigenvalue weighted by Gasteiger charge is 2.00. The second-order valence-corrected chi connectivity index (χ2v) is 2.98. The lowest BCUT2D eigenvalue weighted by Gasteiger charge is -1.94. The molecule has 0 N–H and O–H groups in total. The van der Waals surface area contributed by atoms with Crippen LogP contribution in [-0.4, -0.2) is 10.1 Å². The van der Waals surface area contributed by atoms with E-state index in [0.29, 0.717) is 5.89 Å². The van der Waals surface area contributed by atoms with E-state index in [1.54, 1.807) is 0 Å². The summed E-state index contributed by atoms with van der Waals surface area (Å²) in [6.45, 7) is 1.94. The van der Waals surface area contributed by atoms with E-state index in [1.807, 2.05) is 43.3 Å². The molecule has 2 rings (SSSR count). The van der Waals surface area contributed by atoms with Gasteiger partial charge in [0.1, 0.15) is 0 Å². The lowest BCUT2D eigenvalue weighted by atomic mass is 10.1. The predicted molar refractivity (Wildman–Crippen MR) is 54.3 cm³/mol. The summed E-state index contributed by atoms with van der Waals surface area (Å²) in [6.07, 6.45) is 3.41. The van der Waals surface area contributed by atoms with E-state index in [1.165, 1.54) is 6.33 Å². The molecule has 1 heterocycles. The monoisotopic (exact) mass is 186 g/mol. The number of rotatable bonds is 2. The van der Waals surface area contributed by atoms with Gasteiger partial charge in [-0.15, -0.1) is 0 Å². The Morgan fingerprint density at radius 3 is 2.71 bits per heavy atom. The maximum absolute atomic E-state index is 4.94. The second kappa shape index (κ2) is 3.87. The SMILES string of the molecule is C/C(=C\c1ccccc1)c1ncno1. The van der Waals surface area contributed by atoms with E-state index in [0.717, 1.165) is 11.1 Å². The van der Waals surface area contributed by atoms with Crippen molar-refractivity contribution in [1.82, 2.24) is 10.1 Å². The second-order valence-electron chi connectivity index (χ2n) is 2.98. The normalized spacial score (nSPS) is 11.6. The average molecular weight is 186 g/mol. The molecular weight excluding hydrogens is 176 g/mol. The number of nitrogens with zero attached hydrogens (tertiary/aromatic N) is 2. The summed E-state index contributed by atoms with van der Waals surface area (Å²) >= 11 is 0. The van der Waals surface area contributed by atoms with Crippen LogP contribution >= 0.6 is 0 Å². The van der Waals surface area contributed by atoms with Crippen molar-refractivity contribution >= 4 is 11.6 Å². The maximum Gasteiger partial charge on any atom is 0.253 e. The first-order valence-electron chi connectivity index (χ1n) is 4.36. The van der Waals surface area contributed by atoms with Gasteiger partial charge in [0.15, 0.2) is 6.33 Å². The molecule has 0 radical (unpaired) electrons. The number of hydrogen-bond acceptors (Lipinski definition) is 3. The van der Waals surface area contributed by atoms with Gasteiger partial charge in [0.05, 0.1) is 0 Å². The van der Waals surface area contributed by atoms with Crippen LogP contribution in [-0.2, 0) is 0 Å². The quantitative estimate of drug-likeness (QED) is 0.723. The smallest absolute Gasteiger partial charge is 0.253 e. The molecule has 0 aliphatic heterocycles. The van der Waals surface area contributed by atoms with Gasteiger partial charge in [-0.25, -0.2) is 0 Å². The molecule has 0 aliphatic rings. The fourth-order valence-electron chi connectivity index (χ4n) is 1.21. The summed E-state index contributed by atoms with van der Waals surface area (Å²) in [7, 11) is 0. The maximum atomic E-state index is 4.94. The van der Waals surface area contributed by atoms with Crippen LogP contribution in [0.2, 0.25) is 0 Å². The number of hydrogen-bond donors (Lipinski definition) is 0. The van der Waals surface area contributed by atoms with E-state index in [2.05, 4.69) is 10.1 Å². The van der Waals surface area contributed by atoms with Gasteiger partial charge in [-0.3, -0.25) is 0 Å². The summed E-state index contributed by atoms with van der Waals surface area (Å²) in [5.74, 6) is 0.564. The van der Waals surface area contributed by atoms with Crippen LogP contribution in [0.1, 0.15) is 18.4 Å². The van der Waals surface area contributed by atoms with Gasteiger partial charge in [-0.2, -0.15) is 4.98 Å². The van der Waals surface area contributed by atoms with Crippen LogP contribution in [0.25, 0.3) is 11.6 Å². The lowest BCUT2D eigenvalue weighted by Crippen LogP contribution is -1.78. The third-order valence-corrected chi connectivity index (χ3v) is 1.88. The molecule has 0 saturated heterocycles. The highest BCUT2D eigenvalue weighted by atomic mass is 16.5. The Kier molecular flexibility index (Phi) is 2.40. The Bertz CT molecular complexity index is 418. The molecule has 0 saturated carbocycles. The minimum absolute atomic E-state index is 0.564. The fraction of sp³-hybridized carbons (Fsp3) is 0.0909. The molecule has 14 heavy (non-hydrogen) atoms. The molecule has 0 aliphatic carbocycles. The van der Waals surface area contributed by atoms with E-state index in [-0.39, 0.29) is 0 Å². The Morgan fingerprint density at radius 2 is 2.07 bits per heavy atom. The zero-order valence-corrected chi connectivity index (χ0v) is 7.84. The third kappa shape index (κ3) is 1.88. The van der Waals surface area contributed by atoms with E-state index in [4.69, 9.17) is 4.52 Å². The van der Waals surface area contributed by atoms with Gasteiger partial charge in [0, 0.05) is 5.57 Å². The zero-order valence-electron chi connectivity index (χ0n) is 7.84. The highest BCUT2D eigenvalue weighted by molar-refractivity contribution is 5.76. The van der Waals surface area contributed by atoms with Crippen molar-refractivity contribution < 1.29 is 4.52 Å². The van der Waals surface area contributed by atoms with E-state index in [9.17, 15) is 0 Å². The molecule has 0 bridgehead atoms. The van der Waals surface area contributed by atoms with Crippen molar-refractivity contribution in [2.24, 2.45) is 0 Å². The van der Waals surface area contributed by atoms with E-state index < -0.39 is 0 Å². The predicted octanol–water partition coefficient (Wildman–Crippen LogP) is 2.63. The first kappa shape index (κ1) is 8.69. The number of allylic oxidation sites excluding steroid dienone is 1. The lowest BCUT2D eigenvalue weighted by molar-refractivity contribution is 0.406. The topological polar surface area (TPSA) is 38.9 Å². The minimum Gasteiger partial charge on any atom is -0.335 e. The van der Waals surface area contributed by atoms with Crippen molar-refractivity contribution in [1.29, 1.82) is 0 Å². The van der Waals surface area contributed by atoms with Gasteiger partial charge in [0.25, 0.3) is 5.89 Å². The Hall–Kier alpha value is -1.90. The molecule has 3 heteroatoms. The van der Waals surface area contributed by atoms with Crippen molar-refractivity contribution in [3.63, 3.8) is 0 Å². The molecule has 1 aromatic carbocycles. The number of aromatic nitrogens is 2. The molecular formula is C11H10N2O. The summed E-state index contributed by atoms with van der Waals surface area (Å²) in [6, 6.07) is 10.0. The Labute approximate surface area is 82.1 Å². The Morgan fingerprint density at radius 1 is 1.29 bits per heavy atom. The van der Waals surface area contributed by atoms with Crippen LogP contribution in [0.5, 0.6) is 0 Å². The van der Waals surface area contributed by atoms with Crippen LogP contribution in [0.3, 0.4) is 0 Å². The van der Waals surface area contributed by atoms with Gasteiger partial charge in [-0.05, 0) is 18.6 Å². The van der Waals surface area contributed by atoms with Gasteiger partial charge in [-0.1, -0.05) is 35.5 Å². The first-order chi connectivity index (χ1) is 6.86. The summed E-state index contributed by atoms with van der Waals surface area (Å²) in [5.41, 5.74) is 2.09. The van der Waals surface area contributed by atoms with Crippen molar-refractivity contribution in [3.8, 4) is 0 Å². The molecule has 0 amide bonds. The van der Waals surface area contributed by atoms with Crippen LogP contribution in [0.4, 0.5) is 0 Å². The van der Waals surface area contributed by atoms with Crippen molar-refractivity contribution in [2.75, 3.05) is 0 Å². The average Bonchev–Trinajstić information content (AvgIpc) is 2.72. The molecule has 2 aromatic rings. The standard InChI is InChI=1S/C11H10N2O/c1-9(11-12-8-13-14-11)7-10-5-3-2-4-6-10/h2-8H,1H3/b9-7+. The number of benzene rings is 1. The summed E-state index contributed by atoms with van der Waals surface area (Å²) in [5, 5.41) is 3.56. The van der Waals surface area contributed by atoms with Crippen molar-refractivity contribution in [3.05, 3.63) is 48.1 Å². The van der Waals surface area contributed by atoms with Gasteiger partial charge < -0.3 is 4.52 Å². The molecule has 3 nitrogen and oxygen atoms in total. The highest BCUT2D eigenvalue weighted by Crippen LogP contribution is 2.14. The summed E-state index contributed by atoms with van der Waals surface area (Å²) in [4.78, 5) is 3.97. The fourth-order valence-corrected chi connectivity index (χ4v) is 1.21. The molecule has 1 aromatic heterocycles. The molecule has 0 unspecified atom stereocenters. The van der Waals surface area contributed by atoms with Gasteiger partial charge >= 0.3 is 0 Å². The van der Waals surface area contributed by atoms with Crippen molar-refractivity contribution in [2.45, 2.75) is 6.92 Å². The largest absolute Gasteiger partial charge is 0.335 e. The third-order valence-electron chi connectivity index (χ3n) is 1.88. The Balaban J connectivity index is 2.28. The van der Waals surface area contributed by atoms with Crippen LogP contribution in [0, 0.1) is 0 Å². The zero-order chi connectivity index (χ0) is 9.80.